The van der Waals surface area contributed by atoms with Gasteiger partial charge in [0.2, 0.25) is 0 Å². The standard InChI is InChI=1S/C13H20O2S/c1-9-6-10(7-16-9)13(14)8-11(2,3)15-12(13,4)5/h6-7,14H,8H2,1-5H3. The highest BCUT2D eigenvalue weighted by molar-refractivity contribution is 7.10. The summed E-state index contributed by atoms with van der Waals surface area (Å²) in [6.45, 7) is 10.1. The van der Waals surface area contributed by atoms with Crippen LogP contribution < -0.4 is 0 Å². The zero-order valence-electron chi connectivity index (χ0n) is 10.6. The van der Waals surface area contributed by atoms with Crippen LogP contribution in [-0.4, -0.2) is 16.3 Å². The molecule has 1 fully saturated rings. The van der Waals surface area contributed by atoms with Crippen LogP contribution in [0.5, 0.6) is 0 Å². The second kappa shape index (κ2) is 3.31. The van der Waals surface area contributed by atoms with Crippen LogP contribution in [-0.2, 0) is 10.3 Å². The molecular weight excluding hydrogens is 220 g/mol. The molecule has 1 aliphatic rings. The maximum atomic E-state index is 10.9. The molecule has 3 heteroatoms. The van der Waals surface area contributed by atoms with Crippen molar-refractivity contribution in [3.8, 4) is 0 Å². The lowest BCUT2D eigenvalue weighted by atomic mass is 9.78. The Kier molecular flexibility index (Phi) is 2.50. The second-order valence-electron chi connectivity index (χ2n) is 5.86. The molecule has 90 valence electrons. The van der Waals surface area contributed by atoms with Crippen LogP contribution in [0.3, 0.4) is 0 Å². The molecule has 2 nitrogen and oxygen atoms in total. The molecule has 2 heterocycles. The average molecular weight is 240 g/mol. The quantitative estimate of drug-likeness (QED) is 0.816. The molecule has 0 aliphatic carbocycles. The maximum Gasteiger partial charge on any atom is 0.121 e. The summed E-state index contributed by atoms with van der Waals surface area (Å²) < 4.78 is 5.97. The normalized spacial score (nSPS) is 31.9. The predicted octanol–water partition coefficient (Wildman–Crippen LogP) is 3.22. The number of thiophene rings is 1. The van der Waals surface area contributed by atoms with E-state index >= 15 is 0 Å². The van der Waals surface area contributed by atoms with Gasteiger partial charge in [0.1, 0.15) is 5.60 Å². The van der Waals surface area contributed by atoms with Crippen molar-refractivity contribution in [1.29, 1.82) is 0 Å². The van der Waals surface area contributed by atoms with E-state index in [1.165, 1.54) is 4.88 Å². The summed E-state index contributed by atoms with van der Waals surface area (Å²) in [5.74, 6) is 0. The molecule has 0 aromatic carbocycles. The van der Waals surface area contributed by atoms with Gasteiger partial charge in [-0.2, -0.15) is 0 Å². The Morgan fingerprint density at radius 3 is 2.31 bits per heavy atom. The first-order chi connectivity index (χ1) is 7.16. The Hall–Kier alpha value is -0.380. The molecule has 1 aromatic rings. The highest BCUT2D eigenvalue weighted by Gasteiger charge is 2.57. The molecule has 1 unspecified atom stereocenters. The van der Waals surface area contributed by atoms with Gasteiger partial charge in [-0.3, -0.25) is 0 Å². The van der Waals surface area contributed by atoms with Crippen LogP contribution in [0.1, 0.15) is 44.6 Å². The molecule has 0 spiro atoms. The van der Waals surface area contributed by atoms with Gasteiger partial charge in [0.25, 0.3) is 0 Å². The highest BCUT2D eigenvalue weighted by Crippen LogP contribution is 2.51. The first kappa shape index (κ1) is 12.1. The third-order valence-electron chi connectivity index (χ3n) is 3.42. The lowest BCUT2D eigenvalue weighted by Crippen LogP contribution is -2.43. The van der Waals surface area contributed by atoms with Gasteiger partial charge in [0.05, 0.1) is 11.2 Å². The summed E-state index contributed by atoms with van der Waals surface area (Å²) in [5.41, 5.74) is -0.690. The minimum atomic E-state index is -0.874. The molecular formula is C13H20O2S. The van der Waals surface area contributed by atoms with Crippen molar-refractivity contribution in [2.24, 2.45) is 0 Å². The predicted molar refractivity (Wildman–Crippen MR) is 66.8 cm³/mol. The van der Waals surface area contributed by atoms with E-state index < -0.39 is 11.2 Å². The summed E-state index contributed by atoms with van der Waals surface area (Å²) in [6, 6.07) is 2.07. The number of rotatable bonds is 1. The zero-order chi connectivity index (χ0) is 12.2. The van der Waals surface area contributed by atoms with Gasteiger partial charge < -0.3 is 9.84 Å². The SMILES string of the molecule is Cc1cc(C2(O)CC(C)(C)OC2(C)C)cs1. The van der Waals surface area contributed by atoms with Crippen LogP contribution in [0.25, 0.3) is 0 Å². The summed E-state index contributed by atoms with van der Waals surface area (Å²) >= 11 is 1.68. The average Bonchev–Trinajstić information content (AvgIpc) is 2.53. The lowest BCUT2D eigenvalue weighted by molar-refractivity contribution is -0.129. The van der Waals surface area contributed by atoms with E-state index in [2.05, 4.69) is 13.0 Å². The van der Waals surface area contributed by atoms with Gasteiger partial charge in [-0.15, -0.1) is 11.3 Å². The summed E-state index contributed by atoms with van der Waals surface area (Å²) in [5, 5.41) is 13.0. The Morgan fingerprint density at radius 2 is 1.94 bits per heavy atom. The summed E-state index contributed by atoms with van der Waals surface area (Å²) in [6.07, 6.45) is 0.642. The van der Waals surface area contributed by atoms with E-state index in [0.29, 0.717) is 6.42 Å². The van der Waals surface area contributed by atoms with E-state index in [1.54, 1.807) is 11.3 Å². The third kappa shape index (κ3) is 1.71. The van der Waals surface area contributed by atoms with Crippen LogP contribution >= 0.6 is 11.3 Å². The maximum absolute atomic E-state index is 10.9. The molecule has 1 N–H and O–H groups in total. The number of aliphatic hydroxyl groups is 1. The van der Waals surface area contributed by atoms with Crippen LogP contribution in [0.2, 0.25) is 0 Å². The monoisotopic (exact) mass is 240 g/mol. The van der Waals surface area contributed by atoms with E-state index in [-0.39, 0.29) is 5.60 Å². The minimum Gasteiger partial charge on any atom is -0.382 e. The molecule has 0 amide bonds. The molecule has 1 saturated heterocycles. The largest absolute Gasteiger partial charge is 0.382 e. The molecule has 2 rings (SSSR count). The van der Waals surface area contributed by atoms with Gasteiger partial charge in [0, 0.05) is 11.3 Å². The fourth-order valence-electron chi connectivity index (χ4n) is 2.75. The highest BCUT2D eigenvalue weighted by atomic mass is 32.1. The Balaban J connectivity index is 2.45. The summed E-state index contributed by atoms with van der Waals surface area (Å²) in [7, 11) is 0. The minimum absolute atomic E-state index is 0.270. The van der Waals surface area contributed by atoms with Crippen molar-refractivity contribution in [1.82, 2.24) is 0 Å². The number of hydrogen-bond acceptors (Lipinski definition) is 3. The molecule has 16 heavy (non-hydrogen) atoms. The van der Waals surface area contributed by atoms with Crippen LogP contribution in [0, 0.1) is 6.92 Å². The van der Waals surface area contributed by atoms with E-state index in [0.717, 1.165) is 5.56 Å². The van der Waals surface area contributed by atoms with Gasteiger partial charge in [-0.25, -0.2) is 0 Å². The smallest absolute Gasteiger partial charge is 0.121 e. The Labute approximate surface area is 101 Å². The molecule has 0 radical (unpaired) electrons. The van der Waals surface area contributed by atoms with E-state index in [1.807, 2.05) is 33.1 Å². The van der Waals surface area contributed by atoms with Crippen molar-refractivity contribution in [3.63, 3.8) is 0 Å². The second-order valence-corrected chi connectivity index (χ2v) is 6.97. The van der Waals surface area contributed by atoms with Crippen molar-refractivity contribution in [2.45, 2.75) is 57.8 Å². The van der Waals surface area contributed by atoms with Crippen molar-refractivity contribution < 1.29 is 9.84 Å². The fourth-order valence-corrected chi connectivity index (χ4v) is 3.52. The Bertz CT molecular complexity index is 406. The van der Waals surface area contributed by atoms with E-state index in [4.69, 9.17) is 4.74 Å². The first-order valence-electron chi connectivity index (χ1n) is 5.64. The van der Waals surface area contributed by atoms with Gasteiger partial charge in [0.15, 0.2) is 0 Å². The molecule has 1 aliphatic heterocycles. The number of hydrogen-bond donors (Lipinski definition) is 1. The molecule has 0 bridgehead atoms. The Morgan fingerprint density at radius 1 is 1.31 bits per heavy atom. The van der Waals surface area contributed by atoms with Crippen LogP contribution in [0.4, 0.5) is 0 Å². The van der Waals surface area contributed by atoms with Crippen molar-refractivity contribution >= 4 is 11.3 Å². The van der Waals surface area contributed by atoms with Gasteiger partial charge in [-0.1, -0.05) is 0 Å². The lowest BCUT2D eigenvalue weighted by Gasteiger charge is -2.34. The summed E-state index contributed by atoms with van der Waals surface area (Å²) in [4.78, 5) is 1.23. The van der Waals surface area contributed by atoms with Crippen molar-refractivity contribution in [2.75, 3.05) is 0 Å². The zero-order valence-corrected chi connectivity index (χ0v) is 11.4. The number of ether oxygens (including phenoxy) is 1. The van der Waals surface area contributed by atoms with E-state index in [9.17, 15) is 5.11 Å². The topological polar surface area (TPSA) is 29.5 Å². The molecule has 0 saturated carbocycles. The first-order valence-corrected chi connectivity index (χ1v) is 6.52. The molecule has 1 aromatic heterocycles. The van der Waals surface area contributed by atoms with Crippen LogP contribution in [0.15, 0.2) is 11.4 Å². The van der Waals surface area contributed by atoms with Crippen molar-refractivity contribution in [3.05, 3.63) is 21.9 Å². The van der Waals surface area contributed by atoms with Gasteiger partial charge >= 0.3 is 0 Å². The molecule has 1 atom stereocenters. The fraction of sp³-hybridized carbons (Fsp3) is 0.692. The van der Waals surface area contributed by atoms with Gasteiger partial charge in [-0.05, 0) is 51.6 Å². The third-order valence-corrected chi connectivity index (χ3v) is 4.28. The number of aryl methyl sites for hydroxylation is 1.